The molecule has 0 radical (unpaired) electrons. The highest BCUT2D eigenvalue weighted by atomic mass is 16.1. The van der Waals surface area contributed by atoms with Crippen molar-refractivity contribution in [2.24, 2.45) is 5.92 Å². The molecule has 1 rings (SSSR count). The van der Waals surface area contributed by atoms with Gasteiger partial charge in [0.15, 0.2) is 5.78 Å². The van der Waals surface area contributed by atoms with Crippen LogP contribution in [0.25, 0.3) is 0 Å². The van der Waals surface area contributed by atoms with E-state index in [9.17, 15) is 4.79 Å². The largest absolute Gasteiger partial charge is 0.295 e. The van der Waals surface area contributed by atoms with Crippen LogP contribution in [0.5, 0.6) is 0 Å². The van der Waals surface area contributed by atoms with E-state index < -0.39 is 0 Å². The second-order valence-electron chi connectivity index (χ2n) is 3.34. The molecule has 1 aliphatic carbocycles. The van der Waals surface area contributed by atoms with E-state index in [1.165, 1.54) is 12.8 Å². The first kappa shape index (κ1) is 9.24. The third-order valence-electron chi connectivity index (χ3n) is 2.30. The van der Waals surface area contributed by atoms with Crippen molar-refractivity contribution in [1.29, 1.82) is 0 Å². The van der Waals surface area contributed by atoms with E-state index in [1.807, 2.05) is 6.08 Å². The lowest BCUT2D eigenvalue weighted by Gasteiger charge is -2.14. The highest BCUT2D eigenvalue weighted by molar-refractivity contribution is 5.90. The molecule has 1 nitrogen and oxygen atoms in total. The van der Waals surface area contributed by atoms with Gasteiger partial charge in [0.2, 0.25) is 0 Å². The molecule has 0 aromatic heterocycles. The van der Waals surface area contributed by atoms with Gasteiger partial charge < -0.3 is 0 Å². The van der Waals surface area contributed by atoms with Crippen LogP contribution in [0.15, 0.2) is 24.8 Å². The number of allylic oxidation sites excluding steroid dienone is 3. The van der Waals surface area contributed by atoms with Crippen LogP contribution in [0, 0.1) is 5.92 Å². The van der Waals surface area contributed by atoms with Gasteiger partial charge >= 0.3 is 0 Å². The molecule has 1 unspecified atom stereocenters. The highest BCUT2D eigenvalue weighted by Gasteiger charge is 2.11. The van der Waals surface area contributed by atoms with E-state index in [2.05, 4.69) is 12.7 Å². The molecule has 0 spiro atoms. The van der Waals surface area contributed by atoms with Crippen LogP contribution in [-0.2, 0) is 4.79 Å². The minimum atomic E-state index is 0.287. The molecule has 1 heteroatoms. The summed E-state index contributed by atoms with van der Waals surface area (Å²) in [4.78, 5) is 10.8. The lowest BCUT2D eigenvalue weighted by molar-refractivity contribution is -0.115. The van der Waals surface area contributed by atoms with Crippen LogP contribution < -0.4 is 0 Å². The van der Waals surface area contributed by atoms with Crippen LogP contribution in [0.4, 0.5) is 0 Å². The Morgan fingerprint density at radius 1 is 1.67 bits per heavy atom. The van der Waals surface area contributed by atoms with Crippen molar-refractivity contribution in [2.75, 3.05) is 0 Å². The molecule has 1 aliphatic rings. The van der Waals surface area contributed by atoms with Crippen LogP contribution in [0.2, 0.25) is 0 Å². The van der Waals surface area contributed by atoms with Crippen LogP contribution in [-0.4, -0.2) is 5.78 Å². The van der Waals surface area contributed by atoms with Crippen molar-refractivity contribution in [2.45, 2.75) is 32.1 Å². The third kappa shape index (κ3) is 3.04. The van der Waals surface area contributed by atoms with Crippen LogP contribution in [0.1, 0.15) is 32.1 Å². The first-order valence-corrected chi connectivity index (χ1v) is 4.65. The Hall–Kier alpha value is -0.850. The normalized spacial score (nSPS) is 22.7. The topological polar surface area (TPSA) is 17.1 Å². The number of unbranched alkanes of at least 4 members (excludes halogenated alkanes) is 1. The fourth-order valence-corrected chi connectivity index (χ4v) is 1.52. The van der Waals surface area contributed by atoms with Crippen LogP contribution >= 0.6 is 0 Å². The van der Waals surface area contributed by atoms with Gasteiger partial charge in [-0.1, -0.05) is 12.2 Å². The Bertz CT molecular complexity index is 191. The summed E-state index contributed by atoms with van der Waals surface area (Å²) in [5.74, 6) is 0.928. The van der Waals surface area contributed by atoms with Gasteiger partial charge in [-0.3, -0.25) is 4.79 Å². The number of ketones is 1. The van der Waals surface area contributed by atoms with Crippen molar-refractivity contribution in [1.82, 2.24) is 0 Å². The highest BCUT2D eigenvalue weighted by Crippen LogP contribution is 2.20. The van der Waals surface area contributed by atoms with Gasteiger partial charge in [-0.15, -0.1) is 6.58 Å². The standard InChI is InChI=1S/C11H16O/c1-2-3-4-5-10-6-8-11(12)9-7-10/h2,6,8,10H,1,3-5,7,9H2. The maximum Gasteiger partial charge on any atom is 0.155 e. The monoisotopic (exact) mass is 164 g/mol. The number of hydrogen-bond donors (Lipinski definition) is 0. The van der Waals surface area contributed by atoms with Gasteiger partial charge in [-0.2, -0.15) is 0 Å². The van der Waals surface area contributed by atoms with E-state index in [0.717, 1.165) is 19.3 Å². The second-order valence-corrected chi connectivity index (χ2v) is 3.34. The first-order valence-electron chi connectivity index (χ1n) is 4.65. The van der Waals surface area contributed by atoms with Gasteiger partial charge in [0.05, 0.1) is 0 Å². The van der Waals surface area contributed by atoms with E-state index in [1.54, 1.807) is 6.08 Å². The summed E-state index contributed by atoms with van der Waals surface area (Å²) in [6.07, 6.45) is 11.1. The Balaban J connectivity index is 2.21. The molecule has 0 saturated carbocycles. The van der Waals surface area contributed by atoms with E-state index in [0.29, 0.717) is 5.92 Å². The molecule has 12 heavy (non-hydrogen) atoms. The number of carbonyl (C=O) groups excluding carboxylic acids is 1. The van der Waals surface area contributed by atoms with Crippen molar-refractivity contribution in [3.8, 4) is 0 Å². The summed E-state index contributed by atoms with van der Waals surface area (Å²) in [5.41, 5.74) is 0. The minimum Gasteiger partial charge on any atom is -0.295 e. The predicted octanol–water partition coefficient (Wildman–Crippen LogP) is 2.88. The SMILES string of the molecule is C=CCCCC1C=CC(=O)CC1. The molecule has 0 aromatic carbocycles. The third-order valence-corrected chi connectivity index (χ3v) is 2.30. The van der Waals surface area contributed by atoms with Crippen molar-refractivity contribution in [3.63, 3.8) is 0 Å². The summed E-state index contributed by atoms with van der Waals surface area (Å²) in [6, 6.07) is 0. The lowest BCUT2D eigenvalue weighted by Crippen LogP contribution is -2.07. The second kappa shape index (κ2) is 4.91. The zero-order valence-electron chi connectivity index (χ0n) is 7.46. The lowest BCUT2D eigenvalue weighted by atomic mass is 9.91. The average molecular weight is 164 g/mol. The van der Waals surface area contributed by atoms with Gasteiger partial charge in [0.25, 0.3) is 0 Å². The minimum absolute atomic E-state index is 0.287. The van der Waals surface area contributed by atoms with E-state index in [-0.39, 0.29) is 5.78 Å². The predicted molar refractivity (Wildman–Crippen MR) is 50.9 cm³/mol. The van der Waals surface area contributed by atoms with Crippen molar-refractivity contribution >= 4 is 5.78 Å². The van der Waals surface area contributed by atoms with Crippen LogP contribution in [0.3, 0.4) is 0 Å². The summed E-state index contributed by atoms with van der Waals surface area (Å²) >= 11 is 0. The molecule has 0 aliphatic heterocycles. The molecular weight excluding hydrogens is 148 g/mol. The molecule has 0 fully saturated rings. The van der Waals surface area contributed by atoms with E-state index in [4.69, 9.17) is 0 Å². The molecule has 0 amide bonds. The zero-order chi connectivity index (χ0) is 8.81. The Morgan fingerprint density at radius 2 is 2.50 bits per heavy atom. The Kier molecular flexibility index (Phi) is 3.78. The molecule has 1 atom stereocenters. The molecule has 0 aromatic rings. The van der Waals surface area contributed by atoms with Gasteiger partial charge in [0, 0.05) is 6.42 Å². The van der Waals surface area contributed by atoms with Gasteiger partial charge in [-0.05, 0) is 37.7 Å². The summed E-state index contributed by atoms with van der Waals surface area (Å²) in [7, 11) is 0. The zero-order valence-corrected chi connectivity index (χ0v) is 7.46. The first-order chi connectivity index (χ1) is 5.83. The van der Waals surface area contributed by atoms with E-state index >= 15 is 0 Å². The summed E-state index contributed by atoms with van der Waals surface area (Å²) in [5, 5.41) is 0. The molecule has 0 saturated heterocycles. The fourth-order valence-electron chi connectivity index (χ4n) is 1.52. The van der Waals surface area contributed by atoms with Crippen molar-refractivity contribution in [3.05, 3.63) is 24.8 Å². The average Bonchev–Trinajstić information content (AvgIpc) is 2.09. The van der Waals surface area contributed by atoms with Gasteiger partial charge in [0.1, 0.15) is 0 Å². The molecule has 0 N–H and O–H groups in total. The number of rotatable bonds is 4. The summed E-state index contributed by atoms with van der Waals surface area (Å²) < 4.78 is 0. The molecule has 0 bridgehead atoms. The number of carbonyl (C=O) groups is 1. The molecule has 0 heterocycles. The summed E-state index contributed by atoms with van der Waals surface area (Å²) in [6.45, 7) is 3.68. The smallest absolute Gasteiger partial charge is 0.155 e. The quantitative estimate of drug-likeness (QED) is 0.461. The molecular formula is C11H16O. The maximum absolute atomic E-state index is 10.8. The van der Waals surface area contributed by atoms with Crippen molar-refractivity contribution < 1.29 is 4.79 Å². The maximum atomic E-state index is 10.8. The Labute approximate surface area is 74.2 Å². The number of hydrogen-bond acceptors (Lipinski definition) is 1. The Morgan fingerprint density at radius 3 is 3.08 bits per heavy atom. The molecule has 66 valence electrons. The fraction of sp³-hybridized carbons (Fsp3) is 0.545. The van der Waals surface area contributed by atoms with Gasteiger partial charge in [-0.25, -0.2) is 0 Å².